The van der Waals surface area contributed by atoms with Gasteiger partial charge < -0.3 is 19.9 Å². The summed E-state index contributed by atoms with van der Waals surface area (Å²) < 4.78 is 5.81. The van der Waals surface area contributed by atoms with Gasteiger partial charge >= 0.3 is 0 Å². The molecule has 0 bridgehead atoms. The Morgan fingerprint density at radius 2 is 1.56 bits per heavy atom. The molecule has 1 saturated heterocycles. The summed E-state index contributed by atoms with van der Waals surface area (Å²) in [7, 11) is 1.83. The molecule has 0 saturated carbocycles. The Kier molecular flexibility index (Phi) is 9.09. The molecule has 3 aromatic rings. The third kappa shape index (κ3) is 6.56. The number of halogens is 1. The second kappa shape index (κ2) is 12.2. The molecule has 0 radical (unpaired) electrons. The van der Waals surface area contributed by atoms with Crippen molar-refractivity contribution in [2.24, 2.45) is 4.99 Å². The average molecular weight is 544 g/mol. The number of para-hydroxylation sites is 1. The summed E-state index contributed by atoms with van der Waals surface area (Å²) in [5, 5.41) is 3.48. The van der Waals surface area contributed by atoms with E-state index >= 15 is 0 Å². The average Bonchev–Trinajstić information content (AvgIpc) is 2.85. The van der Waals surface area contributed by atoms with Crippen LogP contribution in [0.25, 0.3) is 0 Å². The van der Waals surface area contributed by atoms with Crippen molar-refractivity contribution in [1.29, 1.82) is 0 Å². The van der Waals surface area contributed by atoms with Gasteiger partial charge in [0.15, 0.2) is 5.96 Å². The van der Waals surface area contributed by atoms with E-state index in [-0.39, 0.29) is 24.0 Å². The van der Waals surface area contributed by atoms with Crippen LogP contribution >= 0.6 is 24.0 Å². The predicted octanol–water partition coefficient (Wildman–Crippen LogP) is 3.57. The van der Waals surface area contributed by atoms with Gasteiger partial charge in [-0.05, 0) is 29.3 Å². The standard InChI is InChI=1S/C24H28N6O.HI/c1-25-23(29-14-16-30(17-15-29)24-26-12-5-13-27-24)28-18-20-8-10-21(11-9-20)19-31-22-6-3-2-4-7-22;/h2-13H,14-19H2,1H3,(H,25,28);1H. The number of nitrogens with one attached hydrogen (secondary N) is 1. The Bertz CT molecular complexity index is 961. The number of hydrogen-bond donors (Lipinski definition) is 1. The Hall–Kier alpha value is -2.88. The van der Waals surface area contributed by atoms with Crippen molar-refractivity contribution < 1.29 is 4.74 Å². The van der Waals surface area contributed by atoms with Crippen molar-refractivity contribution in [1.82, 2.24) is 20.2 Å². The maximum Gasteiger partial charge on any atom is 0.225 e. The van der Waals surface area contributed by atoms with E-state index in [0.29, 0.717) is 6.61 Å². The monoisotopic (exact) mass is 544 g/mol. The van der Waals surface area contributed by atoms with Crippen LogP contribution in [0.4, 0.5) is 5.95 Å². The van der Waals surface area contributed by atoms with Crippen LogP contribution in [0, 0.1) is 0 Å². The molecule has 168 valence electrons. The molecule has 2 aromatic carbocycles. The largest absolute Gasteiger partial charge is 0.489 e. The molecule has 0 spiro atoms. The molecule has 1 aromatic heterocycles. The molecular formula is C24H29IN6O. The van der Waals surface area contributed by atoms with Gasteiger partial charge in [0.2, 0.25) is 5.95 Å². The first-order chi connectivity index (χ1) is 15.3. The predicted molar refractivity (Wildman–Crippen MR) is 139 cm³/mol. The summed E-state index contributed by atoms with van der Waals surface area (Å²) in [6, 6.07) is 20.2. The highest BCUT2D eigenvalue weighted by atomic mass is 127. The molecule has 1 aliphatic heterocycles. The molecule has 0 atom stereocenters. The van der Waals surface area contributed by atoms with Crippen LogP contribution in [0.15, 0.2) is 78.0 Å². The first-order valence-corrected chi connectivity index (χ1v) is 10.5. The lowest BCUT2D eigenvalue weighted by Crippen LogP contribution is -2.52. The number of rotatable bonds is 6. The molecule has 2 heterocycles. The lowest BCUT2D eigenvalue weighted by Gasteiger charge is -2.36. The fourth-order valence-corrected chi connectivity index (χ4v) is 3.52. The van der Waals surface area contributed by atoms with E-state index in [1.807, 2.05) is 43.4 Å². The number of aliphatic imine (C=N–C) groups is 1. The Morgan fingerprint density at radius 1 is 0.906 bits per heavy atom. The molecule has 0 unspecified atom stereocenters. The summed E-state index contributed by atoms with van der Waals surface area (Å²) in [5.41, 5.74) is 2.36. The zero-order valence-corrected chi connectivity index (χ0v) is 20.6. The molecule has 32 heavy (non-hydrogen) atoms. The second-order valence-corrected chi connectivity index (χ2v) is 7.34. The molecule has 0 aliphatic carbocycles. The fourth-order valence-electron chi connectivity index (χ4n) is 3.52. The van der Waals surface area contributed by atoms with Gasteiger partial charge in [0.25, 0.3) is 0 Å². The maximum atomic E-state index is 5.81. The van der Waals surface area contributed by atoms with Gasteiger partial charge in [-0.3, -0.25) is 4.99 Å². The van der Waals surface area contributed by atoms with E-state index in [2.05, 4.69) is 54.3 Å². The molecule has 0 amide bonds. The first kappa shape index (κ1) is 23.8. The summed E-state index contributed by atoms with van der Waals surface area (Å²) in [4.78, 5) is 17.6. The van der Waals surface area contributed by atoms with E-state index in [1.165, 1.54) is 5.56 Å². The number of guanidine groups is 1. The smallest absolute Gasteiger partial charge is 0.225 e. The number of anilines is 1. The minimum absolute atomic E-state index is 0. The fraction of sp³-hybridized carbons (Fsp3) is 0.292. The Labute approximate surface area is 206 Å². The van der Waals surface area contributed by atoms with E-state index in [1.54, 1.807) is 12.4 Å². The molecule has 1 aliphatic rings. The lowest BCUT2D eigenvalue weighted by atomic mass is 10.1. The third-order valence-corrected chi connectivity index (χ3v) is 5.25. The zero-order valence-electron chi connectivity index (χ0n) is 18.2. The SMILES string of the molecule is CN=C(NCc1ccc(COc2ccccc2)cc1)N1CCN(c2ncccn2)CC1.I. The summed E-state index contributed by atoms with van der Waals surface area (Å²) in [6.07, 6.45) is 3.57. The highest BCUT2D eigenvalue weighted by Gasteiger charge is 2.20. The highest BCUT2D eigenvalue weighted by Crippen LogP contribution is 2.13. The molecular weight excluding hydrogens is 515 g/mol. The number of ether oxygens (including phenoxy) is 1. The minimum Gasteiger partial charge on any atom is -0.489 e. The number of hydrogen-bond acceptors (Lipinski definition) is 5. The van der Waals surface area contributed by atoms with Crippen LogP contribution in [-0.2, 0) is 13.2 Å². The topological polar surface area (TPSA) is 65.9 Å². The van der Waals surface area contributed by atoms with Gasteiger partial charge in [-0.2, -0.15) is 0 Å². The van der Waals surface area contributed by atoms with Gasteiger partial charge in [-0.25, -0.2) is 9.97 Å². The number of nitrogens with zero attached hydrogens (tertiary/aromatic N) is 5. The zero-order chi connectivity index (χ0) is 21.3. The summed E-state index contributed by atoms with van der Waals surface area (Å²) in [6.45, 7) is 4.81. The van der Waals surface area contributed by atoms with E-state index in [0.717, 1.165) is 55.9 Å². The Balaban J connectivity index is 0.00000289. The van der Waals surface area contributed by atoms with Crippen molar-refractivity contribution in [3.63, 3.8) is 0 Å². The summed E-state index contributed by atoms with van der Waals surface area (Å²) >= 11 is 0. The van der Waals surface area contributed by atoms with Crippen molar-refractivity contribution in [3.8, 4) is 5.75 Å². The van der Waals surface area contributed by atoms with Gasteiger partial charge in [0, 0.05) is 52.2 Å². The first-order valence-electron chi connectivity index (χ1n) is 10.5. The minimum atomic E-state index is 0. The van der Waals surface area contributed by atoms with E-state index in [9.17, 15) is 0 Å². The number of benzene rings is 2. The van der Waals surface area contributed by atoms with Crippen molar-refractivity contribution in [2.45, 2.75) is 13.2 Å². The quantitative estimate of drug-likeness (QED) is 0.291. The van der Waals surface area contributed by atoms with Crippen LogP contribution in [0.5, 0.6) is 5.75 Å². The van der Waals surface area contributed by atoms with Crippen LogP contribution in [0.2, 0.25) is 0 Å². The normalized spacial score (nSPS) is 14.0. The van der Waals surface area contributed by atoms with Crippen molar-refractivity contribution >= 4 is 35.9 Å². The number of aromatic nitrogens is 2. The summed E-state index contributed by atoms with van der Waals surface area (Å²) in [5.74, 6) is 2.60. The van der Waals surface area contributed by atoms with Crippen LogP contribution in [-0.4, -0.2) is 54.1 Å². The molecule has 7 nitrogen and oxygen atoms in total. The van der Waals surface area contributed by atoms with Crippen molar-refractivity contribution in [2.75, 3.05) is 38.1 Å². The molecule has 8 heteroatoms. The second-order valence-electron chi connectivity index (χ2n) is 7.34. The lowest BCUT2D eigenvalue weighted by molar-refractivity contribution is 0.306. The van der Waals surface area contributed by atoms with Crippen LogP contribution in [0.1, 0.15) is 11.1 Å². The van der Waals surface area contributed by atoms with Crippen LogP contribution < -0.4 is 15.0 Å². The number of piperazine rings is 1. The van der Waals surface area contributed by atoms with Gasteiger partial charge in [-0.15, -0.1) is 24.0 Å². The molecule has 1 fully saturated rings. The maximum absolute atomic E-state index is 5.81. The Morgan fingerprint density at radius 3 is 2.22 bits per heavy atom. The molecule has 1 N–H and O–H groups in total. The third-order valence-electron chi connectivity index (χ3n) is 5.25. The van der Waals surface area contributed by atoms with Gasteiger partial charge in [-0.1, -0.05) is 42.5 Å². The van der Waals surface area contributed by atoms with Gasteiger partial charge in [0.1, 0.15) is 12.4 Å². The van der Waals surface area contributed by atoms with E-state index < -0.39 is 0 Å². The highest BCUT2D eigenvalue weighted by molar-refractivity contribution is 14.0. The van der Waals surface area contributed by atoms with Gasteiger partial charge in [0.05, 0.1) is 0 Å². The van der Waals surface area contributed by atoms with Crippen molar-refractivity contribution in [3.05, 3.63) is 84.2 Å². The van der Waals surface area contributed by atoms with E-state index in [4.69, 9.17) is 4.74 Å². The molecule has 4 rings (SSSR count). The van der Waals surface area contributed by atoms with Crippen LogP contribution in [0.3, 0.4) is 0 Å².